The molecule has 2 saturated heterocycles. The monoisotopic (exact) mass is 481 g/mol. The molecule has 3 amide bonds. The van der Waals surface area contributed by atoms with Gasteiger partial charge in [-0.15, -0.1) is 11.8 Å². The molecule has 1 N–H and O–H groups in total. The number of carbonyl (C=O) groups is 3. The lowest BCUT2D eigenvalue weighted by Gasteiger charge is -2.38. The highest BCUT2D eigenvalue weighted by atomic mass is 32.2. The van der Waals surface area contributed by atoms with Crippen molar-refractivity contribution < 1.29 is 19.5 Å². The van der Waals surface area contributed by atoms with Gasteiger partial charge in [0, 0.05) is 31.4 Å². The van der Waals surface area contributed by atoms with E-state index in [4.69, 9.17) is 0 Å². The van der Waals surface area contributed by atoms with Crippen LogP contribution in [0.3, 0.4) is 0 Å². The van der Waals surface area contributed by atoms with Gasteiger partial charge in [0.1, 0.15) is 6.04 Å². The van der Waals surface area contributed by atoms with E-state index < -0.39 is 33.4 Å². The Morgan fingerprint density at radius 1 is 1.03 bits per heavy atom. The van der Waals surface area contributed by atoms with Crippen LogP contribution in [0.1, 0.15) is 19.4 Å². The predicted molar refractivity (Wildman–Crippen MR) is 131 cm³/mol. The van der Waals surface area contributed by atoms with Crippen LogP contribution in [0.5, 0.6) is 0 Å². The maximum absolute atomic E-state index is 14.2. The molecule has 8 heteroatoms. The molecule has 1 unspecified atom stereocenters. The van der Waals surface area contributed by atoms with E-state index in [0.717, 1.165) is 5.56 Å². The molecule has 0 bridgehead atoms. The Kier molecular flexibility index (Phi) is 5.64. The fraction of sp³-hybridized carbons (Fsp3) is 0.500. The van der Waals surface area contributed by atoms with Gasteiger partial charge in [-0.25, -0.2) is 0 Å². The van der Waals surface area contributed by atoms with Crippen LogP contribution in [0.2, 0.25) is 0 Å². The maximum Gasteiger partial charge on any atom is 0.247 e. The first kappa shape index (κ1) is 23.2. The third-order valence-electron chi connectivity index (χ3n) is 7.74. The van der Waals surface area contributed by atoms with Crippen LogP contribution in [0, 0.1) is 11.8 Å². The third kappa shape index (κ3) is 3.26. The largest absolute Gasteiger partial charge is 0.394 e. The summed E-state index contributed by atoms with van der Waals surface area (Å²) in [6.45, 7) is 4.89. The lowest BCUT2D eigenvalue weighted by Crippen LogP contribution is -2.56. The van der Waals surface area contributed by atoms with Gasteiger partial charge >= 0.3 is 0 Å². The minimum absolute atomic E-state index is 0.0706. The number of nitrogens with zero attached hydrogens (tertiary/aromatic N) is 3. The number of amides is 3. The minimum atomic E-state index is -0.874. The SMILES string of the molecule is C[C@H](CO)N1C(=O)[C@@H]2[C@@H]3C(=O)N(C)CC=C[C@]3(C)S[C@@]23C=CCN(Cc2ccccc2)C(=O)C13. The molecule has 0 aliphatic carbocycles. The summed E-state index contributed by atoms with van der Waals surface area (Å²) in [5.74, 6) is -1.67. The molecule has 0 aromatic heterocycles. The molecular formula is C26H31N3O4S. The summed E-state index contributed by atoms with van der Waals surface area (Å²) >= 11 is 1.57. The van der Waals surface area contributed by atoms with Crippen molar-refractivity contribution in [1.82, 2.24) is 14.7 Å². The van der Waals surface area contributed by atoms with Crippen molar-refractivity contribution in [2.24, 2.45) is 11.8 Å². The van der Waals surface area contributed by atoms with E-state index in [1.807, 2.05) is 61.6 Å². The highest BCUT2D eigenvalue weighted by Crippen LogP contribution is 2.65. The van der Waals surface area contributed by atoms with Crippen LogP contribution in [-0.2, 0) is 20.9 Å². The van der Waals surface area contributed by atoms with Gasteiger partial charge in [-0.2, -0.15) is 0 Å². The van der Waals surface area contributed by atoms with E-state index in [9.17, 15) is 19.5 Å². The Morgan fingerprint density at radius 3 is 2.44 bits per heavy atom. The van der Waals surface area contributed by atoms with E-state index >= 15 is 0 Å². The topological polar surface area (TPSA) is 81.2 Å². The molecule has 7 nitrogen and oxygen atoms in total. The van der Waals surface area contributed by atoms with Crippen LogP contribution in [-0.4, -0.2) is 85.8 Å². The fourth-order valence-electron chi connectivity index (χ4n) is 6.14. The second-order valence-corrected chi connectivity index (χ2v) is 11.8. The van der Waals surface area contributed by atoms with Gasteiger partial charge in [0.05, 0.1) is 29.2 Å². The average molecular weight is 482 g/mol. The molecule has 2 fully saturated rings. The van der Waals surface area contributed by atoms with Crippen LogP contribution in [0.15, 0.2) is 54.6 Å². The maximum atomic E-state index is 14.2. The van der Waals surface area contributed by atoms with Crippen molar-refractivity contribution >= 4 is 29.5 Å². The molecule has 1 spiro atoms. The molecule has 0 radical (unpaired) electrons. The Morgan fingerprint density at radius 2 is 1.74 bits per heavy atom. The van der Waals surface area contributed by atoms with Crippen molar-refractivity contribution in [3.8, 4) is 0 Å². The Bertz CT molecular complexity index is 1080. The lowest BCUT2D eigenvalue weighted by atomic mass is 9.74. The first-order valence-electron chi connectivity index (χ1n) is 11.8. The number of carbonyl (C=O) groups excluding carboxylic acids is 3. The smallest absolute Gasteiger partial charge is 0.247 e. The summed E-state index contributed by atoms with van der Waals surface area (Å²) < 4.78 is -1.48. The number of thioether (sulfide) groups is 1. The zero-order valence-corrected chi connectivity index (χ0v) is 20.6. The summed E-state index contributed by atoms with van der Waals surface area (Å²) in [6, 6.07) is 8.48. The van der Waals surface area contributed by atoms with Gasteiger partial charge in [-0.3, -0.25) is 14.4 Å². The highest BCUT2D eigenvalue weighted by molar-refractivity contribution is 8.02. The van der Waals surface area contributed by atoms with E-state index in [-0.39, 0.29) is 24.3 Å². The molecule has 0 saturated carbocycles. The van der Waals surface area contributed by atoms with Gasteiger partial charge in [0.25, 0.3) is 0 Å². The normalized spacial score (nSPS) is 35.7. The molecule has 34 heavy (non-hydrogen) atoms. The van der Waals surface area contributed by atoms with Gasteiger partial charge < -0.3 is 19.8 Å². The van der Waals surface area contributed by atoms with Crippen LogP contribution >= 0.6 is 11.8 Å². The van der Waals surface area contributed by atoms with E-state index in [1.165, 1.54) is 0 Å². The number of hydrogen-bond acceptors (Lipinski definition) is 5. The number of likely N-dealkylation sites (N-methyl/N-ethyl adjacent to an activating group) is 1. The number of benzene rings is 1. The number of fused-ring (bicyclic) bond motifs is 2. The van der Waals surface area contributed by atoms with E-state index in [0.29, 0.717) is 19.6 Å². The summed E-state index contributed by atoms with van der Waals surface area (Å²) in [5.41, 5.74) is 1.01. The van der Waals surface area contributed by atoms with Crippen molar-refractivity contribution in [2.75, 3.05) is 26.7 Å². The summed E-state index contributed by atoms with van der Waals surface area (Å²) in [5, 5.41) is 10.0. The molecule has 4 aliphatic heterocycles. The molecule has 1 aromatic rings. The van der Waals surface area contributed by atoms with Crippen molar-refractivity contribution in [1.29, 1.82) is 0 Å². The van der Waals surface area contributed by atoms with Crippen LogP contribution in [0.4, 0.5) is 0 Å². The van der Waals surface area contributed by atoms with Crippen LogP contribution < -0.4 is 0 Å². The second-order valence-electron chi connectivity index (χ2n) is 10.0. The Labute approximate surface area is 204 Å². The van der Waals surface area contributed by atoms with Crippen molar-refractivity contribution in [2.45, 2.75) is 42.0 Å². The summed E-state index contributed by atoms with van der Waals surface area (Å²) in [4.78, 5) is 46.7. The lowest BCUT2D eigenvalue weighted by molar-refractivity contribution is -0.146. The first-order chi connectivity index (χ1) is 16.2. The second kappa shape index (κ2) is 8.27. The summed E-state index contributed by atoms with van der Waals surface area (Å²) in [7, 11) is 1.76. The minimum Gasteiger partial charge on any atom is -0.394 e. The molecule has 6 atom stereocenters. The fourth-order valence-corrected chi connectivity index (χ4v) is 8.28. The van der Waals surface area contributed by atoms with Gasteiger partial charge in [-0.05, 0) is 19.4 Å². The van der Waals surface area contributed by atoms with Gasteiger partial charge in [0.2, 0.25) is 17.7 Å². The predicted octanol–water partition coefficient (Wildman–Crippen LogP) is 1.68. The standard InChI is InChI=1S/C26H31N3O4S/c1-17(16-30)29-21-24(33)28(15-18-9-5-4-6-10-18)14-8-12-26(21)20(23(29)32)19-22(31)27(3)13-7-11-25(19,2)34-26/h4-12,17,19-21,30H,13-16H2,1-3H3/t17-,19-,20+,21?,25+,26+/m1/s1. The molecule has 180 valence electrons. The van der Waals surface area contributed by atoms with Crippen molar-refractivity contribution in [3.05, 3.63) is 60.2 Å². The number of rotatable bonds is 4. The zero-order chi connectivity index (χ0) is 24.3. The summed E-state index contributed by atoms with van der Waals surface area (Å²) in [6.07, 6.45) is 8.03. The molecule has 5 rings (SSSR count). The average Bonchev–Trinajstić information content (AvgIpc) is 3.11. The first-order valence-corrected chi connectivity index (χ1v) is 12.6. The highest BCUT2D eigenvalue weighted by Gasteiger charge is 2.74. The number of hydrogen-bond donors (Lipinski definition) is 1. The number of aliphatic hydroxyl groups excluding tert-OH is 1. The zero-order valence-electron chi connectivity index (χ0n) is 19.8. The van der Waals surface area contributed by atoms with Crippen molar-refractivity contribution in [3.63, 3.8) is 0 Å². The van der Waals surface area contributed by atoms with E-state index in [1.54, 1.807) is 40.4 Å². The van der Waals surface area contributed by atoms with Gasteiger partial charge in [-0.1, -0.05) is 54.6 Å². The quantitative estimate of drug-likeness (QED) is 0.662. The van der Waals surface area contributed by atoms with E-state index in [2.05, 4.69) is 0 Å². The third-order valence-corrected chi connectivity index (χ3v) is 9.53. The Balaban J connectivity index is 1.62. The van der Waals surface area contributed by atoms with Crippen LogP contribution in [0.25, 0.3) is 0 Å². The number of likely N-dealkylation sites (tertiary alicyclic amines) is 1. The number of aliphatic hydroxyl groups is 1. The molecule has 1 aromatic carbocycles. The molecule has 4 heterocycles. The molecule has 4 aliphatic rings. The Hall–Kier alpha value is -2.58. The molecular weight excluding hydrogens is 450 g/mol. The van der Waals surface area contributed by atoms with Gasteiger partial charge in [0.15, 0.2) is 0 Å².